The second kappa shape index (κ2) is 7.43. The third-order valence-corrected chi connectivity index (χ3v) is 4.21. The van der Waals surface area contributed by atoms with Crippen LogP contribution in [0.5, 0.6) is 11.5 Å². The third kappa shape index (κ3) is 4.44. The van der Waals surface area contributed by atoms with Crippen LogP contribution in [0.2, 0.25) is 0 Å². The molecule has 1 unspecified atom stereocenters. The van der Waals surface area contributed by atoms with E-state index in [9.17, 15) is 0 Å². The molecule has 114 valence electrons. The molecular formula is C16H22N2O2S. The van der Waals surface area contributed by atoms with Crippen molar-refractivity contribution in [2.75, 3.05) is 7.11 Å². The van der Waals surface area contributed by atoms with E-state index in [0.29, 0.717) is 6.61 Å². The van der Waals surface area contributed by atoms with E-state index < -0.39 is 0 Å². The number of hydrogen-bond donors (Lipinski definition) is 1. The van der Waals surface area contributed by atoms with Gasteiger partial charge in [0.15, 0.2) is 11.5 Å². The van der Waals surface area contributed by atoms with Gasteiger partial charge in [-0.15, -0.1) is 11.3 Å². The van der Waals surface area contributed by atoms with Crippen molar-refractivity contribution in [1.29, 1.82) is 0 Å². The average molecular weight is 306 g/mol. The molecule has 4 nitrogen and oxygen atoms in total. The summed E-state index contributed by atoms with van der Waals surface area (Å²) in [5, 5.41) is 2.98. The Kier molecular flexibility index (Phi) is 5.59. The second-order valence-electron chi connectivity index (χ2n) is 5.03. The van der Waals surface area contributed by atoms with Crippen LogP contribution in [-0.4, -0.2) is 18.1 Å². The smallest absolute Gasteiger partial charge is 0.162 e. The number of methoxy groups -OCH3 is 1. The monoisotopic (exact) mass is 306 g/mol. The van der Waals surface area contributed by atoms with Gasteiger partial charge in [-0.1, -0.05) is 13.0 Å². The summed E-state index contributed by atoms with van der Waals surface area (Å²) in [6.45, 7) is 4.53. The first kappa shape index (κ1) is 15.8. The molecule has 0 saturated heterocycles. The summed E-state index contributed by atoms with van der Waals surface area (Å²) < 4.78 is 11.2. The summed E-state index contributed by atoms with van der Waals surface area (Å²) in [4.78, 5) is 4.40. The molecule has 1 heterocycles. The van der Waals surface area contributed by atoms with Gasteiger partial charge < -0.3 is 15.2 Å². The number of benzene rings is 1. The highest BCUT2D eigenvalue weighted by Gasteiger charge is 2.09. The van der Waals surface area contributed by atoms with Gasteiger partial charge in [-0.25, -0.2) is 4.98 Å². The summed E-state index contributed by atoms with van der Waals surface area (Å²) in [6, 6.07) is 6.15. The molecule has 0 aliphatic heterocycles. The molecule has 0 radical (unpaired) electrons. The average Bonchev–Trinajstić information content (AvgIpc) is 2.90. The van der Waals surface area contributed by atoms with E-state index in [1.807, 2.05) is 30.5 Å². The van der Waals surface area contributed by atoms with Crippen molar-refractivity contribution in [3.63, 3.8) is 0 Å². The lowest BCUT2D eigenvalue weighted by Crippen LogP contribution is -2.21. The quantitative estimate of drug-likeness (QED) is 0.852. The van der Waals surface area contributed by atoms with Crippen LogP contribution in [0.25, 0.3) is 0 Å². The predicted molar refractivity (Wildman–Crippen MR) is 86.1 cm³/mol. The van der Waals surface area contributed by atoms with E-state index in [1.165, 1.54) is 0 Å². The fourth-order valence-corrected chi connectivity index (χ4v) is 2.70. The summed E-state index contributed by atoms with van der Waals surface area (Å²) in [5.74, 6) is 1.48. The van der Waals surface area contributed by atoms with Crippen molar-refractivity contribution in [2.24, 2.45) is 5.73 Å². The Labute approximate surface area is 129 Å². The summed E-state index contributed by atoms with van der Waals surface area (Å²) in [5.41, 5.74) is 8.20. The number of aryl methyl sites for hydroxylation is 1. The van der Waals surface area contributed by atoms with Crippen molar-refractivity contribution >= 4 is 11.3 Å². The first-order valence-electron chi connectivity index (χ1n) is 7.08. The highest BCUT2D eigenvalue weighted by molar-refractivity contribution is 7.09. The molecular weight excluding hydrogens is 284 g/mol. The molecule has 1 atom stereocenters. The SMILES string of the molecule is CCC(N)Cc1ccc(OC)c(OCc2nc(C)cs2)c1. The predicted octanol–water partition coefficient (Wildman–Crippen LogP) is 3.32. The Balaban J connectivity index is 2.09. The minimum atomic E-state index is 0.174. The minimum Gasteiger partial charge on any atom is -0.493 e. The maximum atomic E-state index is 6.01. The van der Waals surface area contributed by atoms with Crippen LogP contribution in [0.15, 0.2) is 23.6 Å². The number of rotatable bonds is 7. The van der Waals surface area contributed by atoms with Crippen LogP contribution in [0, 0.1) is 6.92 Å². The highest BCUT2D eigenvalue weighted by Crippen LogP contribution is 2.29. The molecule has 0 aliphatic carbocycles. The molecule has 0 aliphatic rings. The lowest BCUT2D eigenvalue weighted by Gasteiger charge is -2.13. The van der Waals surface area contributed by atoms with E-state index >= 15 is 0 Å². The normalized spacial score (nSPS) is 12.2. The first-order valence-corrected chi connectivity index (χ1v) is 7.96. The molecule has 0 spiro atoms. The number of ether oxygens (including phenoxy) is 2. The molecule has 5 heteroatoms. The van der Waals surface area contributed by atoms with Crippen LogP contribution in [0.3, 0.4) is 0 Å². The van der Waals surface area contributed by atoms with Crippen LogP contribution >= 0.6 is 11.3 Å². The van der Waals surface area contributed by atoms with Gasteiger partial charge in [-0.2, -0.15) is 0 Å². The summed E-state index contributed by atoms with van der Waals surface area (Å²) >= 11 is 1.60. The largest absolute Gasteiger partial charge is 0.493 e. The van der Waals surface area contributed by atoms with E-state index in [4.69, 9.17) is 15.2 Å². The number of nitrogens with zero attached hydrogens (tertiary/aromatic N) is 1. The number of aromatic nitrogens is 1. The Hall–Kier alpha value is -1.59. The third-order valence-electron chi connectivity index (χ3n) is 3.27. The van der Waals surface area contributed by atoms with E-state index in [0.717, 1.165) is 40.6 Å². The number of thiazole rings is 1. The van der Waals surface area contributed by atoms with Gasteiger partial charge >= 0.3 is 0 Å². The Morgan fingerprint density at radius 2 is 2.14 bits per heavy atom. The van der Waals surface area contributed by atoms with Gasteiger partial charge in [0, 0.05) is 17.1 Å². The number of nitrogens with two attached hydrogens (primary N) is 1. The summed E-state index contributed by atoms with van der Waals surface area (Å²) in [7, 11) is 1.65. The molecule has 2 aromatic rings. The maximum absolute atomic E-state index is 6.01. The summed E-state index contributed by atoms with van der Waals surface area (Å²) in [6.07, 6.45) is 1.80. The van der Waals surface area contributed by atoms with Gasteiger partial charge in [0.2, 0.25) is 0 Å². The van der Waals surface area contributed by atoms with Crippen molar-refractivity contribution in [3.8, 4) is 11.5 Å². The van der Waals surface area contributed by atoms with E-state index in [-0.39, 0.29) is 6.04 Å². The fourth-order valence-electron chi connectivity index (χ4n) is 2.02. The molecule has 0 saturated carbocycles. The zero-order valence-electron chi connectivity index (χ0n) is 12.8. The van der Waals surface area contributed by atoms with Crippen LogP contribution < -0.4 is 15.2 Å². The van der Waals surface area contributed by atoms with E-state index in [1.54, 1.807) is 18.4 Å². The zero-order chi connectivity index (χ0) is 15.2. The van der Waals surface area contributed by atoms with E-state index in [2.05, 4.69) is 11.9 Å². The molecule has 1 aromatic carbocycles. The van der Waals surface area contributed by atoms with Crippen LogP contribution in [0.4, 0.5) is 0 Å². The van der Waals surface area contributed by atoms with Gasteiger partial charge in [-0.05, 0) is 37.5 Å². The molecule has 0 fully saturated rings. The lowest BCUT2D eigenvalue weighted by molar-refractivity contribution is 0.283. The maximum Gasteiger partial charge on any atom is 0.162 e. The Morgan fingerprint density at radius 1 is 1.33 bits per heavy atom. The Morgan fingerprint density at radius 3 is 2.76 bits per heavy atom. The molecule has 1 aromatic heterocycles. The molecule has 2 N–H and O–H groups in total. The molecule has 21 heavy (non-hydrogen) atoms. The standard InChI is InChI=1S/C16H22N2O2S/c1-4-13(17)7-12-5-6-14(19-3)15(8-12)20-9-16-18-11(2)10-21-16/h5-6,8,10,13H,4,7,9,17H2,1-3H3. The minimum absolute atomic E-state index is 0.174. The van der Waals surface area contributed by atoms with Crippen molar-refractivity contribution in [3.05, 3.63) is 39.8 Å². The first-order chi connectivity index (χ1) is 10.1. The molecule has 0 bridgehead atoms. The molecule has 2 rings (SSSR count). The zero-order valence-corrected chi connectivity index (χ0v) is 13.6. The van der Waals surface area contributed by atoms with Crippen molar-refractivity contribution in [2.45, 2.75) is 39.3 Å². The number of hydrogen-bond acceptors (Lipinski definition) is 5. The van der Waals surface area contributed by atoms with Crippen molar-refractivity contribution < 1.29 is 9.47 Å². The van der Waals surface area contributed by atoms with Crippen molar-refractivity contribution in [1.82, 2.24) is 4.98 Å². The van der Waals surface area contributed by atoms with Gasteiger partial charge in [0.05, 0.1) is 7.11 Å². The van der Waals surface area contributed by atoms with Crippen LogP contribution in [-0.2, 0) is 13.0 Å². The van der Waals surface area contributed by atoms with Gasteiger partial charge in [-0.3, -0.25) is 0 Å². The van der Waals surface area contributed by atoms with Gasteiger partial charge in [0.25, 0.3) is 0 Å². The Bertz CT molecular complexity index is 583. The van der Waals surface area contributed by atoms with Gasteiger partial charge in [0.1, 0.15) is 11.6 Å². The second-order valence-corrected chi connectivity index (χ2v) is 5.97. The highest BCUT2D eigenvalue weighted by atomic mass is 32.1. The lowest BCUT2D eigenvalue weighted by atomic mass is 10.0. The topological polar surface area (TPSA) is 57.4 Å². The van der Waals surface area contributed by atoms with Crippen LogP contribution in [0.1, 0.15) is 29.6 Å². The molecule has 0 amide bonds. The fraction of sp³-hybridized carbons (Fsp3) is 0.438.